The molecule has 0 fully saturated rings. The number of ether oxygens (including phenoxy) is 1. The van der Waals surface area contributed by atoms with E-state index in [4.69, 9.17) is 4.74 Å². The van der Waals surface area contributed by atoms with Crippen molar-refractivity contribution in [1.82, 2.24) is 0 Å². The van der Waals surface area contributed by atoms with Gasteiger partial charge in [-0.15, -0.1) is 11.8 Å². The Kier molecular flexibility index (Phi) is 7.82. The molecule has 3 aromatic carbocycles. The van der Waals surface area contributed by atoms with Gasteiger partial charge in [0, 0.05) is 34.0 Å². The molecule has 0 bridgehead atoms. The van der Waals surface area contributed by atoms with Crippen molar-refractivity contribution in [2.75, 3.05) is 23.0 Å². The third-order valence-corrected chi connectivity index (χ3v) is 5.25. The highest BCUT2D eigenvalue weighted by Gasteiger charge is 2.10. The maximum Gasteiger partial charge on any atom is 0.269 e. The Morgan fingerprint density at radius 3 is 2.34 bits per heavy atom. The SMILES string of the molecule is CCOc1ccc(NC(=O)CSc2cccc(NC(=O)c3ccc([N+](=O)[O-])cc3)c2)cc1. The van der Waals surface area contributed by atoms with Gasteiger partial charge in [-0.3, -0.25) is 19.7 Å². The molecule has 2 amide bonds. The fraction of sp³-hybridized carbons (Fsp3) is 0.130. The highest BCUT2D eigenvalue weighted by atomic mass is 32.2. The molecule has 164 valence electrons. The number of nitro groups is 1. The van der Waals surface area contributed by atoms with Gasteiger partial charge >= 0.3 is 0 Å². The van der Waals surface area contributed by atoms with E-state index in [0.29, 0.717) is 23.5 Å². The van der Waals surface area contributed by atoms with Crippen LogP contribution < -0.4 is 15.4 Å². The molecule has 32 heavy (non-hydrogen) atoms. The number of anilines is 2. The van der Waals surface area contributed by atoms with Crippen molar-refractivity contribution in [3.63, 3.8) is 0 Å². The van der Waals surface area contributed by atoms with Crippen LogP contribution in [0.2, 0.25) is 0 Å². The summed E-state index contributed by atoms with van der Waals surface area (Å²) in [4.78, 5) is 35.6. The van der Waals surface area contributed by atoms with Crippen LogP contribution in [0.15, 0.2) is 77.7 Å². The zero-order valence-electron chi connectivity index (χ0n) is 17.2. The predicted octanol–water partition coefficient (Wildman–Crippen LogP) is 4.98. The molecule has 3 rings (SSSR count). The van der Waals surface area contributed by atoms with Crippen LogP contribution in [0.5, 0.6) is 5.75 Å². The molecule has 2 N–H and O–H groups in total. The molecular formula is C23H21N3O5S. The highest BCUT2D eigenvalue weighted by molar-refractivity contribution is 8.00. The van der Waals surface area contributed by atoms with Crippen LogP contribution in [0.3, 0.4) is 0 Å². The molecule has 8 nitrogen and oxygen atoms in total. The second-order valence-electron chi connectivity index (χ2n) is 6.58. The topological polar surface area (TPSA) is 111 Å². The Morgan fingerprint density at radius 1 is 0.969 bits per heavy atom. The molecule has 0 saturated carbocycles. The van der Waals surface area contributed by atoms with Gasteiger partial charge < -0.3 is 15.4 Å². The first-order valence-corrected chi connectivity index (χ1v) is 10.7. The number of carbonyl (C=O) groups excluding carboxylic acids is 2. The molecule has 0 heterocycles. The molecule has 0 aliphatic heterocycles. The first-order chi connectivity index (χ1) is 15.4. The van der Waals surface area contributed by atoms with Crippen LogP contribution in [0, 0.1) is 10.1 Å². The summed E-state index contributed by atoms with van der Waals surface area (Å²) >= 11 is 1.34. The Morgan fingerprint density at radius 2 is 1.69 bits per heavy atom. The van der Waals surface area contributed by atoms with Gasteiger partial charge in [0.25, 0.3) is 11.6 Å². The molecule has 3 aromatic rings. The quantitative estimate of drug-likeness (QED) is 0.270. The van der Waals surface area contributed by atoms with Crippen molar-refractivity contribution in [2.24, 2.45) is 0 Å². The minimum absolute atomic E-state index is 0.0801. The molecule has 0 unspecified atom stereocenters. The summed E-state index contributed by atoms with van der Waals surface area (Å²) in [7, 11) is 0. The smallest absolute Gasteiger partial charge is 0.269 e. The average Bonchev–Trinajstić information content (AvgIpc) is 2.79. The van der Waals surface area contributed by atoms with Gasteiger partial charge in [0.15, 0.2) is 0 Å². The Labute approximate surface area is 189 Å². The van der Waals surface area contributed by atoms with E-state index in [9.17, 15) is 19.7 Å². The highest BCUT2D eigenvalue weighted by Crippen LogP contribution is 2.23. The van der Waals surface area contributed by atoms with Crippen LogP contribution in [0.1, 0.15) is 17.3 Å². The van der Waals surface area contributed by atoms with E-state index in [0.717, 1.165) is 10.6 Å². The minimum Gasteiger partial charge on any atom is -0.494 e. The zero-order valence-corrected chi connectivity index (χ0v) is 18.1. The minimum atomic E-state index is -0.519. The predicted molar refractivity (Wildman–Crippen MR) is 124 cm³/mol. The number of rotatable bonds is 9. The number of carbonyl (C=O) groups is 2. The second-order valence-corrected chi connectivity index (χ2v) is 7.63. The first-order valence-electron chi connectivity index (χ1n) is 9.76. The third kappa shape index (κ3) is 6.58. The Hall–Kier alpha value is -3.85. The Bertz CT molecular complexity index is 1100. The number of nitro benzene ring substituents is 1. The van der Waals surface area contributed by atoms with Gasteiger partial charge in [-0.2, -0.15) is 0 Å². The number of benzene rings is 3. The normalized spacial score (nSPS) is 10.3. The summed E-state index contributed by atoms with van der Waals surface area (Å²) in [6, 6.07) is 19.6. The lowest BCUT2D eigenvalue weighted by Gasteiger charge is -2.09. The summed E-state index contributed by atoms with van der Waals surface area (Å²) in [5.41, 5.74) is 1.47. The second kappa shape index (κ2) is 11.0. The standard InChI is InChI=1S/C23H21N3O5S/c1-2-31-20-12-8-17(9-13-20)24-22(27)15-32-21-5-3-4-18(14-21)25-23(28)16-6-10-19(11-7-16)26(29)30/h3-14H,2,15H2,1H3,(H,24,27)(H,25,28). The van der Waals surface area contributed by atoms with Crippen LogP contribution >= 0.6 is 11.8 Å². The number of nitrogens with zero attached hydrogens (tertiary/aromatic N) is 1. The summed E-state index contributed by atoms with van der Waals surface area (Å²) < 4.78 is 5.38. The monoisotopic (exact) mass is 451 g/mol. The number of nitrogens with one attached hydrogen (secondary N) is 2. The lowest BCUT2D eigenvalue weighted by molar-refractivity contribution is -0.384. The molecular weight excluding hydrogens is 430 g/mol. The van der Waals surface area contributed by atoms with Crippen LogP contribution in [-0.4, -0.2) is 29.1 Å². The lowest BCUT2D eigenvalue weighted by Crippen LogP contribution is -2.14. The van der Waals surface area contributed by atoms with Crippen molar-refractivity contribution in [2.45, 2.75) is 11.8 Å². The number of hydrogen-bond acceptors (Lipinski definition) is 6. The fourth-order valence-corrected chi connectivity index (χ4v) is 3.50. The fourth-order valence-electron chi connectivity index (χ4n) is 2.75. The van der Waals surface area contributed by atoms with Gasteiger partial charge in [-0.05, 0) is 61.5 Å². The van der Waals surface area contributed by atoms with Gasteiger partial charge in [-0.25, -0.2) is 0 Å². The number of hydrogen-bond donors (Lipinski definition) is 2. The largest absolute Gasteiger partial charge is 0.494 e. The van der Waals surface area contributed by atoms with E-state index in [1.165, 1.54) is 36.0 Å². The lowest BCUT2D eigenvalue weighted by atomic mass is 10.2. The van der Waals surface area contributed by atoms with E-state index in [2.05, 4.69) is 10.6 Å². The summed E-state index contributed by atoms with van der Waals surface area (Å²) in [5.74, 6) is 0.412. The molecule has 0 saturated heterocycles. The van der Waals surface area contributed by atoms with Crippen molar-refractivity contribution >= 4 is 40.6 Å². The average molecular weight is 452 g/mol. The van der Waals surface area contributed by atoms with Crippen molar-refractivity contribution < 1.29 is 19.2 Å². The number of amides is 2. The molecule has 0 spiro atoms. The number of non-ortho nitro benzene ring substituents is 1. The third-order valence-electron chi connectivity index (χ3n) is 4.25. The summed E-state index contributed by atoms with van der Waals surface area (Å²) in [5, 5.41) is 16.3. The molecule has 0 aliphatic rings. The van der Waals surface area contributed by atoms with Gasteiger partial charge in [0.2, 0.25) is 5.91 Å². The number of thioether (sulfide) groups is 1. The van der Waals surface area contributed by atoms with Gasteiger partial charge in [0.1, 0.15) is 5.75 Å². The zero-order chi connectivity index (χ0) is 22.9. The van der Waals surface area contributed by atoms with Crippen molar-refractivity contribution in [3.8, 4) is 5.75 Å². The Balaban J connectivity index is 1.53. The van der Waals surface area contributed by atoms with E-state index in [1.54, 1.807) is 42.5 Å². The van der Waals surface area contributed by atoms with Crippen molar-refractivity contribution in [3.05, 3.63) is 88.5 Å². The van der Waals surface area contributed by atoms with E-state index in [1.807, 2.05) is 13.0 Å². The maximum atomic E-state index is 12.4. The van der Waals surface area contributed by atoms with Crippen LogP contribution in [-0.2, 0) is 4.79 Å². The molecule has 0 aliphatic carbocycles. The first kappa shape index (κ1) is 22.8. The van der Waals surface area contributed by atoms with Gasteiger partial charge in [0.05, 0.1) is 17.3 Å². The van der Waals surface area contributed by atoms with E-state index in [-0.39, 0.29) is 23.3 Å². The van der Waals surface area contributed by atoms with Crippen molar-refractivity contribution in [1.29, 1.82) is 0 Å². The van der Waals surface area contributed by atoms with E-state index < -0.39 is 4.92 Å². The van der Waals surface area contributed by atoms with Gasteiger partial charge in [-0.1, -0.05) is 6.07 Å². The van der Waals surface area contributed by atoms with E-state index >= 15 is 0 Å². The summed E-state index contributed by atoms with van der Waals surface area (Å²) in [6.07, 6.45) is 0. The van der Waals surface area contributed by atoms with Crippen LogP contribution in [0.25, 0.3) is 0 Å². The molecule has 0 radical (unpaired) electrons. The summed E-state index contributed by atoms with van der Waals surface area (Å²) in [6.45, 7) is 2.48. The molecule has 0 aromatic heterocycles. The van der Waals surface area contributed by atoms with Crippen LogP contribution in [0.4, 0.5) is 17.1 Å². The molecule has 9 heteroatoms. The molecule has 0 atom stereocenters. The maximum absolute atomic E-state index is 12.4.